The molecule has 1 atom stereocenters. The largest absolute Gasteiger partial charge is 0.382 e. The van der Waals surface area contributed by atoms with Gasteiger partial charge < -0.3 is 9.63 Å². The quantitative estimate of drug-likeness (QED) is 0.839. The summed E-state index contributed by atoms with van der Waals surface area (Å²) in [5.74, 6) is 0.555. The monoisotopic (exact) mass is 225 g/mol. The second-order valence-electron chi connectivity index (χ2n) is 3.02. The fourth-order valence-electron chi connectivity index (χ4n) is 1.20. The first-order chi connectivity index (χ1) is 7.18. The van der Waals surface area contributed by atoms with Crippen molar-refractivity contribution in [3.05, 3.63) is 40.5 Å². The Morgan fingerprint density at radius 3 is 2.73 bits per heavy atom. The second-order valence-corrected chi connectivity index (χ2v) is 3.41. The molecule has 0 saturated heterocycles. The number of halogens is 1. The van der Waals surface area contributed by atoms with Crippen molar-refractivity contribution >= 4 is 11.6 Å². The number of aromatic nitrogens is 3. The average Bonchev–Trinajstić information content (AvgIpc) is 2.65. The summed E-state index contributed by atoms with van der Waals surface area (Å²) < 4.78 is 4.85. The second kappa shape index (κ2) is 3.96. The van der Waals surface area contributed by atoms with Crippen LogP contribution in [0.2, 0.25) is 5.15 Å². The van der Waals surface area contributed by atoms with E-state index in [1.165, 1.54) is 6.20 Å². The maximum Gasteiger partial charge on any atom is 0.151 e. The molecule has 6 heteroatoms. The molecule has 0 aliphatic heterocycles. The van der Waals surface area contributed by atoms with Gasteiger partial charge in [-0.25, -0.2) is 0 Å². The highest BCUT2D eigenvalue weighted by Crippen LogP contribution is 2.22. The maximum atomic E-state index is 9.91. The minimum absolute atomic E-state index is 0.285. The number of hydrogen-bond acceptors (Lipinski definition) is 5. The van der Waals surface area contributed by atoms with Gasteiger partial charge in [0.25, 0.3) is 0 Å². The van der Waals surface area contributed by atoms with Gasteiger partial charge in [-0.2, -0.15) is 5.10 Å². The molecule has 0 aromatic carbocycles. The highest BCUT2D eigenvalue weighted by atomic mass is 35.5. The van der Waals surface area contributed by atoms with Crippen LogP contribution in [0.3, 0.4) is 0 Å². The zero-order chi connectivity index (χ0) is 10.8. The van der Waals surface area contributed by atoms with Crippen LogP contribution in [-0.2, 0) is 0 Å². The van der Waals surface area contributed by atoms with Crippen LogP contribution in [0.25, 0.3) is 0 Å². The third-order valence-corrected chi connectivity index (χ3v) is 2.22. The van der Waals surface area contributed by atoms with Crippen LogP contribution in [0, 0.1) is 6.92 Å². The van der Waals surface area contributed by atoms with E-state index in [-0.39, 0.29) is 5.15 Å². The van der Waals surface area contributed by atoms with Crippen molar-refractivity contribution in [3.63, 3.8) is 0 Å². The molecular formula is C9H8ClN3O2. The third kappa shape index (κ3) is 1.98. The molecule has 0 saturated carbocycles. The third-order valence-electron chi connectivity index (χ3n) is 2.02. The zero-order valence-corrected chi connectivity index (χ0v) is 8.64. The van der Waals surface area contributed by atoms with Crippen LogP contribution >= 0.6 is 11.6 Å². The van der Waals surface area contributed by atoms with Gasteiger partial charge in [0.1, 0.15) is 11.9 Å². The summed E-state index contributed by atoms with van der Waals surface area (Å²) in [7, 11) is 0. The van der Waals surface area contributed by atoms with Crippen LogP contribution < -0.4 is 0 Å². The molecule has 0 fully saturated rings. The van der Waals surface area contributed by atoms with Crippen LogP contribution in [0.5, 0.6) is 0 Å². The van der Waals surface area contributed by atoms with Crippen molar-refractivity contribution in [2.24, 2.45) is 0 Å². The molecule has 0 amide bonds. The Hall–Kier alpha value is -1.46. The Bertz CT molecular complexity index is 455. The van der Waals surface area contributed by atoms with Gasteiger partial charge in [-0.15, -0.1) is 5.10 Å². The molecule has 0 spiro atoms. The van der Waals surface area contributed by atoms with Gasteiger partial charge in [0.2, 0.25) is 0 Å². The first kappa shape index (κ1) is 10.1. The van der Waals surface area contributed by atoms with Gasteiger partial charge in [0.15, 0.2) is 5.15 Å². The summed E-state index contributed by atoms with van der Waals surface area (Å²) in [4.78, 5) is 0. The number of rotatable bonds is 2. The van der Waals surface area contributed by atoms with Crippen LogP contribution in [0.1, 0.15) is 23.1 Å². The first-order valence-electron chi connectivity index (χ1n) is 4.27. The standard InChI is InChI=1S/C9H8ClN3O2/c1-5-6(4-11-15-5)9(14)7-2-3-8(10)13-12-7/h2-4,9,14H,1H3/t9-/m1/s1. The molecule has 0 aliphatic rings. The van der Waals surface area contributed by atoms with E-state index in [2.05, 4.69) is 15.4 Å². The molecule has 2 aromatic rings. The van der Waals surface area contributed by atoms with Crippen molar-refractivity contribution in [2.75, 3.05) is 0 Å². The molecule has 2 aromatic heterocycles. The molecule has 15 heavy (non-hydrogen) atoms. The van der Waals surface area contributed by atoms with E-state index in [0.717, 1.165) is 0 Å². The Kier molecular flexibility index (Phi) is 2.66. The van der Waals surface area contributed by atoms with E-state index < -0.39 is 6.10 Å². The number of aliphatic hydroxyl groups excluding tert-OH is 1. The summed E-state index contributed by atoms with van der Waals surface area (Å²) in [5, 5.41) is 21.2. The molecule has 0 unspecified atom stereocenters. The molecular weight excluding hydrogens is 218 g/mol. The van der Waals surface area contributed by atoms with Gasteiger partial charge in [0, 0.05) is 5.56 Å². The van der Waals surface area contributed by atoms with Crippen molar-refractivity contribution in [3.8, 4) is 0 Å². The molecule has 2 rings (SSSR count). The fraction of sp³-hybridized carbons (Fsp3) is 0.222. The van der Waals surface area contributed by atoms with E-state index in [1.807, 2.05) is 0 Å². The highest BCUT2D eigenvalue weighted by molar-refractivity contribution is 6.29. The Morgan fingerprint density at radius 1 is 1.40 bits per heavy atom. The van der Waals surface area contributed by atoms with E-state index in [0.29, 0.717) is 17.0 Å². The summed E-state index contributed by atoms with van der Waals surface area (Å²) in [5.41, 5.74) is 0.984. The lowest BCUT2D eigenvalue weighted by molar-refractivity contribution is 0.211. The summed E-state index contributed by atoms with van der Waals surface area (Å²) >= 11 is 5.59. The number of nitrogens with zero attached hydrogens (tertiary/aromatic N) is 3. The van der Waals surface area contributed by atoms with Crippen molar-refractivity contribution in [1.82, 2.24) is 15.4 Å². The fourth-order valence-corrected chi connectivity index (χ4v) is 1.30. The smallest absolute Gasteiger partial charge is 0.151 e. The molecule has 5 nitrogen and oxygen atoms in total. The highest BCUT2D eigenvalue weighted by Gasteiger charge is 2.17. The zero-order valence-electron chi connectivity index (χ0n) is 7.88. The summed E-state index contributed by atoms with van der Waals surface area (Å²) in [6, 6.07) is 3.17. The summed E-state index contributed by atoms with van der Waals surface area (Å²) in [6.07, 6.45) is 0.567. The lowest BCUT2D eigenvalue weighted by atomic mass is 10.1. The normalized spacial score (nSPS) is 12.7. The van der Waals surface area contributed by atoms with Crippen molar-refractivity contribution < 1.29 is 9.63 Å². The average molecular weight is 226 g/mol. The van der Waals surface area contributed by atoms with Gasteiger partial charge in [-0.05, 0) is 19.1 Å². The minimum Gasteiger partial charge on any atom is -0.382 e. The Balaban J connectivity index is 2.32. The summed E-state index contributed by atoms with van der Waals surface area (Å²) in [6.45, 7) is 1.72. The van der Waals surface area contributed by atoms with Gasteiger partial charge in [0.05, 0.1) is 11.9 Å². The molecule has 2 heterocycles. The number of hydrogen-bond donors (Lipinski definition) is 1. The van der Waals surface area contributed by atoms with Crippen LogP contribution in [-0.4, -0.2) is 20.5 Å². The van der Waals surface area contributed by atoms with Gasteiger partial charge in [-0.1, -0.05) is 16.8 Å². The first-order valence-corrected chi connectivity index (χ1v) is 4.64. The van der Waals surface area contributed by atoms with E-state index in [9.17, 15) is 5.11 Å². The molecule has 78 valence electrons. The van der Waals surface area contributed by atoms with Gasteiger partial charge in [-0.3, -0.25) is 0 Å². The van der Waals surface area contributed by atoms with E-state index >= 15 is 0 Å². The predicted molar refractivity (Wildman–Crippen MR) is 52.3 cm³/mol. The number of aryl methyl sites for hydroxylation is 1. The predicted octanol–water partition coefficient (Wildman–Crippen LogP) is 1.51. The van der Waals surface area contributed by atoms with E-state index in [4.69, 9.17) is 16.1 Å². The maximum absolute atomic E-state index is 9.91. The van der Waals surface area contributed by atoms with Gasteiger partial charge >= 0.3 is 0 Å². The topological polar surface area (TPSA) is 72.0 Å². The molecule has 0 bridgehead atoms. The van der Waals surface area contributed by atoms with Crippen molar-refractivity contribution in [1.29, 1.82) is 0 Å². The SMILES string of the molecule is Cc1oncc1[C@@H](O)c1ccc(Cl)nn1. The Labute approximate surface area is 90.7 Å². The van der Waals surface area contributed by atoms with Crippen LogP contribution in [0.4, 0.5) is 0 Å². The van der Waals surface area contributed by atoms with Crippen LogP contribution in [0.15, 0.2) is 22.9 Å². The molecule has 0 aliphatic carbocycles. The Morgan fingerprint density at radius 2 is 2.20 bits per heavy atom. The lowest BCUT2D eigenvalue weighted by Crippen LogP contribution is -2.03. The minimum atomic E-state index is -0.888. The van der Waals surface area contributed by atoms with Crippen molar-refractivity contribution in [2.45, 2.75) is 13.0 Å². The molecule has 0 radical (unpaired) electrons. The van der Waals surface area contributed by atoms with E-state index in [1.54, 1.807) is 19.1 Å². The number of aliphatic hydroxyl groups is 1. The lowest BCUT2D eigenvalue weighted by Gasteiger charge is -2.06. The molecule has 1 N–H and O–H groups in total.